The summed E-state index contributed by atoms with van der Waals surface area (Å²) in [6, 6.07) is 6.96. The molecule has 3 heteroatoms. The third-order valence-electron chi connectivity index (χ3n) is 2.22. The Balaban J connectivity index is 2.80. The molecule has 2 aromatic rings. The number of hydrogen-bond acceptors (Lipinski definition) is 2. The SMILES string of the molecule is C=Cc1cc2ncccc2cc1C(=O)O. The second kappa shape index (κ2) is 3.53. The maximum Gasteiger partial charge on any atom is 0.336 e. The van der Waals surface area contributed by atoms with Crippen LogP contribution in [0.4, 0.5) is 0 Å². The molecule has 0 radical (unpaired) electrons. The Morgan fingerprint density at radius 1 is 1.47 bits per heavy atom. The molecule has 0 bridgehead atoms. The van der Waals surface area contributed by atoms with E-state index in [0.29, 0.717) is 5.56 Å². The van der Waals surface area contributed by atoms with Crippen molar-refractivity contribution < 1.29 is 9.90 Å². The van der Waals surface area contributed by atoms with Crippen LogP contribution in [0.5, 0.6) is 0 Å². The van der Waals surface area contributed by atoms with Gasteiger partial charge in [0.15, 0.2) is 0 Å². The van der Waals surface area contributed by atoms with Crippen LogP contribution in [0.3, 0.4) is 0 Å². The molecule has 1 aromatic heterocycles. The summed E-state index contributed by atoms with van der Waals surface area (Å²) < 4.78 is 0. The van der Waals surface area contributed by atoms with E-state index in [1.807, 2.05) is 6.07 Å². The van der Waals surface area contributed by atoms with E-state index in [0.717, 1.165) is 10.9 Å². The topological polar surface area (TPSA) is 50.2 Å². The van der Waals surface area contributed by atoms with Gasteiger partial charge >= 0.3 is 5.97 Å². The van der Waals surface area contributed by atoms with Gasteiger partial charge in [0.05, 0.1) is 11.1 Å². The highest BCUT2D eigenvalue weighted by Crippen LogP contribution is 2.19. The molecule has 0 spiro atoms. The van der Waals surface area contributed by atoms with Crippen molar-refractivity contribution in [3.63, 3.8) is 0 Å². The van der Waals surface area contributed by atoms with Crippen LogP contribution < -0.4 is 0 Å². The summed E-state index contributed by atoms with van der Waals surface area (Å²) in [6.07, 6.45) is 3.20. The van der Waals surface area contributed by atoms with Crippen LogP contribution >= 0.6 is 0 Å². The zero-order chi connectivity index (χ0) is 10.8. The van der Waals surface area contributed by atoms with Gasteiger partial charge in [-0.3, -0.25) is 4.98 Å². The van der Waals surface area contributed by atoms with Crippen molar-refractivity contribution in [1.29, 1.82) is 0 Å². The summed E-state index contributed by atoms with van der Waals surface area (Å²) in [7, 11) is 0. The zero-order valence-corrected chi connectivity index (χ0v) is 7.97. The molecule has 0 unspecified atom stereocenters. The lowest BCUT2D eigenvalue weighted by atomic mass is 10.0. The number of aromatic nitrogens is 1. The van der Waals surface area contributed by atoms with Crippen LogP contribution in [-0.2, 0) is 0 Å². The van der Waals surface area contributed by atoms with Crippen LogP contribution in [0.1, 0.15) is 15.9 Å². The second-order valence-corrected chi connectivity index (χ2v) is 3.14. The predicted octanol–water partition coefficient (Wildman–Crippen LogP) is 2.58. The molecular weight excluding hydrogens is 190 g/mol. The number of hydrogen-bond donors (Lipinski definition) is 1. The van der Waals surface area contributed by atoms with E-state index in [1.54, 1.807) is 24.4 Å². The third kappa shape index (κ3) is 1.59. The van der Waals surface area contributed by atoms with Gasteiger partial charge in [-0.1, -0.05) is 18.7 Å². The average Bonchev–Trinajstić information content (AvgIpc) is 2.27. The Kier molecular flexibility index (Phi) is 2.21. The number of carbonyl (C=O) groups is 1. The fourth-order valence-corrected chi connectivity index (χ4v) is 1.49. The first-order valence-electron chi connectivity index (χ1n) is 4.47. The molecule has 74 valence electrons. The first-order chi connectivity index (χ1) is 7.22. The smallest absolute Gasteiger partial charge is 0.336 e. The van der Waals surface area contributed by atoms with E-state index in [1.165, 1.54) is 6.08 Å². The van der Waals surface area contributed by atoms with Crippen molar-refractivity contribution in [2.75, 3.05) is 0 Å². The molecule has 1 heterocycles. The minimum atomic E-state index is -0.948. The second-order valence-electron chi connectivity index (χ2n) is 3.14. The van der Waals surface area contributed by atoms with Crippen LogP contribution in [0.15, 0.2) is 37.0 Å². The summed E-state index contributed by atoms with van der Waals surface area (Å²) in [5.74, 6) is -0.948. The number of pyridine rings is 1. The summed E-state index contributed by atoms with van der Waals surface area (Å²) in [6.45, 7) is 3.59. The predicted molar refractivity (Wildman–Crippen MR) is 58.8 cm³/mol. The van der Waals surface area contributed by atoms with Crippen molar-refractivity contribution in [2.45, 2.75) is 0 Å². The fraction of sp³-hybridized carbons (Fsp3) is 0. The van der Waals surface area contributed by atoms with Crippen molar-refractivity contribution in [3.8, 4) is 0 Å². The number of fused-ring (bicyclic) bond motifs is 1. The first-order valence-corrected chi connectivity index (χ1v) is 4.47. The molecule has 1 aromatic carbocycles. The number of benzene rings is 1. The highest BCUT2D eigenvalue weighted by molar-refractivity contribution is 5.97. The molecule has 0 fully saturated rings. The van der Waals surface area contributed by atoms with E-state index in [-0.39, 0.29) is 5.56 Å². The van der Waals surface area contributed by atoms with Crippen LogP contribution in [0, 0.1) is 0 Å². The Morgan fingerprint density at radius 3 is 2.93 bits per heavy atom. The lowest BCUT2D eigenvalue weighted by Crippen LogP contribution is -1.99. The van der Waals surface area contributed by atoms with Gasteiger partial charge in [-0.15, -0.1) is 0 Å². The maximum atomic E-state index is 11.0. The third-order valence-corrected chi connectivity index (χ3v) is 2.22. The molecule has 3 nitrogen and oxygen atoms in total. The standard InChI is InChI=1S/C12H9NO2/c1-2-8-7-11-9(4-3-5-13-11)6-10(8)12(14)15/h2-7H,1H2,(H,14,15). The molecule has 0 saturated heterocycles. The largest absolute Gasteiger partial charge is 0.478 e. The first kappa shape index (κ1) is 9.40. The van der Waals surface area contributed by atoms with Gasteiger partial charge in [-0.05, 0) is 23.8 Å². The van der Waals surface area contributed by atoms with Gasteiger partial charge < -0.3 is 5.11 Å². The number of carboxylic acid groups (broad SMARTS) is 1. The van der Waals surface area contributed by atoms with Gasteiger partial charge in [0.2, 0.25) is 0 Å². The van der Waals surface area contributed by atoms with Crippen LogP contribution in [0.2, 0.25) is 0 Å². The average molecular weight is 199 g/mol. The molecule has 0 aliphatic heterocycles. The van der Waals surface area contributed by atoms with Gasteiger partial charge in [0.25, 0.3) is 0 Å². The number of nitrogens with zero attached hydrogens (tertiary/aromatic N) is 1. The van der Waals surface area contributed by atoms with E-state index in [4.69, 9.17) is 5.11 Å². The van der Waals surface area contributed by atoms with Gasteiger partial charge in [-0.2, -0.15) is 0 Å². The van der Waals surface area contributed by atoms with E-state index < -0.39 is 5.97 Å². The Morgan fingerprint density at radius 2 is 2.27 bits per heavy atom. The highest BCUT2D eigenvalue weighted by atomic mass is 16.4. The van der Waals surface area contributed by atoms with Gasteiger partial charge in [-0.25, -0.2) is 4.79 Å². The van der Waals surface area contributed by atoms with Crippen molar-refractivity contribution >= 4 is 22.9 Å². The molecule has 1 N–H and O–H groups in total. The normalized spacial score (nSPS) is 10.1. The van der Waals surface area contributed by atoms with Crippen LogP contribution in [-0.4, -0.2) is 16.1 Å². The molecule has 0 aliphatic carbocycles. The lowest BCUT2D eigenvalue weighted by Gasteiger charge is -2.03. The van der Waals surface area contributed by atoms with Crippen molar-refractivity contribution in [1.82, 2.24) is 4.98 Å². The fourth-order valence-electron chi connectivity index (χ4n) is 1.49. The summed E-state index contributed by atoms with van der Waals surface area (Å²) >= 11 is 0. The molecule has 0 amide bonds. The Labute approximate surface area is 86.7 Å². The minimum absolute atomic E-state index is 0.255. The molecule has 0 atom stereocenters. The van der Waals surface area contributed by atoms with Crippen LogP contribution in [0.25, 0.3) is 17.0 Å². The van der Waals surface area contributed by atoms with Gasteiger partial charge in [0, 0.05) is 11.6 Å². The summed E-state index contributed by atoms with van der Waals surface area (Å²) in [5, 5.41) is 9.81. The molecular formula is C12H9NO2. The molecule has 0 aliphatic rings. The molecule has 0 saturated carbocycles. The molecule has 2 rings (SSSR count). The summed E-state index contributed by atoms with van der Waals surface area (Å²) in [4.78, 5) is 15.1. The monoisotopic (exact) mass is 199 g/mol. The lowest BCUT2D eigenvalue weighted by molar-refractivity contribution is 0.0697. The molecule has 15 heavy (non-hydrogen) atoms. The summed E-state index contributed by atoms with van der Waals surface area (Å²) in [5.41, 5.74) is 1.62. The number of aromatic carboxylic acids is 1. The van der Waals surface area contributed by atoms with Crippen molar-refractivity contribution in [2.24, 2.45) is 0 Å². The van der Waals surface area contributed by atoms with E-state index >= 15 is 0 Å². The highest BCUT2D eigenvalue weighted by Gasteiger charge is 2.09. The minimum Gasteiger partial charge on any atom is -0.478 e. The van der Waals surface area contributed by atoms with Crippen molar-refractivity contribution in [3.05, 3.63) is 48.2 Å². The number of carboxylic acids is 1. The van der Waals surface area contributed by atoms with E-state index in [2.05, 4.69) is 11.6 Å². The van der Waals surface area contributed by atoms with E-state index in [9.17, 15) is 4.79 Å². The Hall–Kier alpha value is -2.16. The zero-order valence-electron chi connectivity index (χ0n) is 7.97. The van der Waals surface area contributed by atoms with Gasteiger partial charge in [0.1, 0.15) is 0 Å². The maximum absolute atomic E-state index is 11.0. The quantitative estimate of drug-likeness (QED) is 0.808. The Bertz CT molecular complexity index is 546. The number of rotatable bonds is 2.